The molecule has 0 saturated heterocycles. The van der Waals surface area contributed by atoms with Crippen molar-refractivity contribution in [3.05, 3.63) is 59.8 Å². The van der Waals surface area contributed by atoms with Crippen LogP contribution in [0.1, 0.15) is 11.1 Å². The van der Waals surface area contributed by atoms with Crippen LogP contribution in [0.25, 0.3) is 10.9 Å². The summed E-state index contributed by atoms with van der Waals surface area (Å²) >= 11 is 0. The second-order valence-corrected chi connectivity index (χ2v) is 5.12. The summed E-state index contributed by atoms with van der Waals surface area (Å²) in [6.45, 7) is 0.455. The number of anilines is 1. The van der Waals surface area contributed by atoms with E-state index in [1.54, 1.807) is 4.68 Å². The number of halogens is 3. The third-order valence-corrected chi connectivity index (χ3v) is 3.40. The molecule has 0 aliphatic heterocycles. The molecule has 22 heavy (non-hydrogen) atoms. The molecule has 6 heteroatoms. The van der Waals surface area contributed by atoms with Gasteiger partial charge in [-0.1, -0.05) is 12.1 Å². The minimum absolute atomic E-state index is 0.455. The smallest absolute Gasteiger partial charge is 0.381 e. The Morgan fingerprint density at radius 2 is 1.82 bits per heavy atom. The van der Waals surface area contributed by atoms with Gasteiger partial charge in [0.25, 0.3) is 0 Å². The Kier molecular flexibility index (Phi) is 3.52. The molecule has 0 unspecified atom stereocenters. The predicted octanol–water partition coefficient (Wildman–Crippen LogP) is 4.20. The van der Waals surface area contributed by atoms with Gasteiger partial charge < -0.3 is 5.32 Å². The molecule has 0 bridgehead atoms. The summed E-state index contributed by atoms with van der Waals surface area (Å²) in [6.07, 6.45) is -2.37. The van der Waals surface area contributed by atoms with E-state index in [0.29, 0.717) is 6.54 Å². The molecule has 0 saturated carbocycles. The van der Waals surface area contributed by atoms with Crippen molar-refractivity contribution < 1.29 is 13.2 Å². The molecular formula is C16H14F3N3. The van der Waals surface area contributed by atoms with Crippen molar-refractivity contribution in [1.82, 2.24) is 9.78 Å². The number of nitrogens with one attached hydrogen (secondary N) is 1. The Morgan fingerprint density at radius 1 is 1.09 bits per heavy atom. The fourth-order valence-electron chi connectivity index (χ4n) is 2.27. The lowest BCUT2D eigenvalue weighted by molar-refractivity contribution is -0.137. The van der Waals surface area contributed by atoms with Crippen molar-refractivity contribution in [1.29, 1.82) is 0 Å². The van der Waals surface area contributed by atoms with Crippen molar-refractivity contribution in [2.75, 3.05) is 5.32 Å². The minimum atomic E-state index is -4.30. The van der Waals surface area contributed by atoms with E-state index < -0.39 is 11.7 Å². The highest BCUT2D eigenvalue weighted by Gasteiger charge is 2.29. The van der Waals surface area contributed by atoms with E-state index in [1.165, 1.54) is 12.1 Å². The molecule has 0 aliphatic carbocycles. The predicted molar refractivity (Wildman–Crippen MR) is 79.5 cm³/mol. The normalized spacial score (nSPS) is 11.8. The zero-order valence-corrected chi connectivity index (χ0v) is 11.9. The fourth-order valence-corrected chi connectivity index (χ4v) is 2.27. The molecule has 3 nitrogen and oxygen atoms in total. The van der Waals surface area contributed by atoms with Crippen LogP contribution in [0.4, 0.5) is 18.9 Å². The summed E-state index contributed by atoms with van der Waals surface area (Å²) in [5.74, 6) is 0. The number of rotatable bonds is 3. The van der Waals surface area contributed by atoms with E-state index in [1.807, 2.05) is 31.4 Å². The zero-order chi connectivity index (χ0) is 15.7. The molecule has 1 heterocycles. The molecule has 0 amide bonds. The van der Waals surface area contributed by atoms with Gasteiger partial charge in [0, 0.05) is 30.9 Å². The molecular weight excluding hydrogens is 291 g/mol. The molecule has 1 N–H and O–H groups in total. The number of aryl methyl sites for hydroxylation is 1. The molecule has 3 rings (SSSR count). The largest absolute Gasteiger partial charge is 0.416 e. The van der Waals surface area contributed by atoms with Gasteiger partial charge in [0.15, 0.2) is 0 Å². The first kappa shape index (κ1) is 14.4. The summed E-state index contributed by atoms with van der Waals surface area (Å²) in [6, 6.07) is 11.0. The van der Waals surface area contributed by atoms with Crippen LogP contribution in [0, 0.1) is 0 Å². The van der Waals surface area contributed by atoms with E-state index in [-0.39, 0.29) is 0 Å². The monoisotopic (exact) mass is 305 g/mol. The number of hydrogen-bond acceptors (Lipinski definition) is 2. The van der Waals surface area contributed by atoms with Gasteiger partial charge in [-0.2, -0.15) is 18.3 Å². The maximum Gasteiger partial charge on any atom is 0.416 e. The molecule has 0 fully saturated rings. The first-order chi connectivity index (χ1) is 10.4. The Balaban J connectivity index is 1.70. The molecule has 2 aromatic carbocycles. The molecule has 0 spiro atoms. The molecule has 0 atom stereocenters. The van der Waals surface area contributed by atoms with Crippen LogP contribution in [0.5, 0.6) is 0 Å². The quantitative estimate of drug-likeness (QED) is 0.786. The highest BCUT2D eigenvalue weighted by atomic mass is 19.4. The molecule has 0 radical (unpaired) electrons. The minimum Gasteiger partial charge on any atom is -0.381 e. The van der Waals surface area contributed by atoms with Gasteiger partial charge >= 0.3 is 6.18 Å². The van der Waals surface area contributed by atoms with Gasteiger partial charge in [0.05, 0.1) is 11.1 Å². The van der Waals surface area contributed by atoms with Crippen LogP contribution < -0.4 is 5.32 Å². The van der Waals surface area contributed by atoms with Crippen LogP contribution in [0.2, 0.25) is 0 Å². The van der Waals surface area contributed by atoms with Crippen molar-refractivity contribution in [3.8, 4) is 0 Å². The highest BCUT2D eigenvalue weighted by molar-refractivity contribution is 5.81. The van der Waals surface area contributed by atoms with Gasteiger partial charge in [-0.05, 0) is 35.9 Å². The number of nitrogens with zero attached hydrogens (tertiary/aromatic N) is 2. The first-order valence-corrected chi connectivity index (χ1v) is 6.75. The average Bonchev–Trinajstić information content (AvgIpc) is 2.84. The second-order valence-electron chi connectivity index (χ2n) is 5.12. The topological polar surface area (TPSA) is 29.9 Å². The molecule has 1 aromatic heterocycles. The van der Waals surface area contributed by atoms with Crippen molar-refractivity contribution >= 4 is 16.6 Å². The summed E-state index contributed by atoms with van der Waals surface area (Å²) in [5, 5.41) is 8.55. The van der Waals surface area contributed by atoms with Crippen molar-refractivity contribution in [3.63, 3.8) is 0 Å². The fraction of sp³-hybridized carbons (Fsp3) is 0.188. The lowest BCUT2D eigenvalue weighted by Gasteiger charge is -2.09. The summed E-state index contributed by atoms with van der Waals surface area (Å²) in [4.78, 5) is 0. The maximum absolute atomic E-state index is 12.5. The number of aromatic nitrogens is 2. The van der Waals surface area contributed by atoms with Crippen LogP contribution in [0.3, 0.4) is 0 Å². The van der Waals surface area contributed by atoms with Crippen LogP contribution >= 0.6 is 0 Å². The maximum atomic E-state index is 12.5. The van der Waals surface area contributed by atoms with Crippen LogP contribution in [0.15, 0.2) is 48.7 Å². The van der Waals surface area contributed by atoms with Crippen LogP contribution in [-0.4, -0.2) is 9.78 Å². The van der Waals surface area contributed by atoms with Gasteiger partial charge in [0.1, 0.15) is 0 Å². The number of hydrogen-bond donors (Lipinski definition) is 1. The Hall–Kier alpha value is -2.50. The van der Waals surface area contributed by atoms with Gasteiger partial charge in [-0.25, -0.2) is 0 Å². The van der Waals surface area contributed by atoms with Crippen LogP contribution in [-0.2, 0) is 19.8 Å². The zero-order valence-electron chi connectivity index (χ0n) is 11.9. The Labute approximate surface area is 125 Å². The average molecular weight is 305 g/mol. The highest BCUT2D eigenvalue weighted by Crippen LogP contribution is 2.29. The second kappa shape index (κ2) is 5.36. The Morgan fingerprint density at radius 3 is 2.50 bits per heavy atom. The van der Waals surface area contributed by atoms with Crippen molar-refractivity contribution in [2.45, 2.75) is 12.7 Å². The van der Waals surface area contributed by atoms with Gasteiger partial charge in [0.2, 0.25) is 0 Å². The van der Waals surface area contributed by atoms with E-state index in [0.717, 1.165) is 34.3 Å². The number of benzene rings is 2. The molecule has 114 valence electrons. The molecule has 3 aromatic rings. The first-order valence-electron chi connectivity index (χ1n) is 6.75. The van der Waals surface area contributed by atoms with E-state index >= 15 is 0 Å². The third kappa shape index (κ3) is 3.05. The third-order valence-electron chi connectivity index (χ3n) is 3.40. The number of fused-ring (bicyclic) bond motifs is 1. The van der Waals surface area contributed by atoms with Gasteiger partial charge in [-0.15, -0.1) is 0 Å². The standard InChI is InChI=1S/C16H14F3N3/c1-22-10-12-4-7-14(8-15(12)21-22)20-9-11-2-5-13(6-3-11)16(17,18)19/h2-8,10,20H,9H2,1H3. The summed E-state index contributed by atoms with van der Waals surface area (Å²) in [5.41, 5.74) is 1.91. The molecule has 0 aliphatic rings. The SMILES string of the molecule is Cn1cc2ccc(NCc3ccc(C(F)(F)F)cc3)cc2n1. The number of alkyl halides is 3. The van der Waals surface area contributed by atoms with E-state index in [9.17, 15) is 13.2 Å². The lowest BCUT2D eigenvalue weighted by Crippen LogP contribution is -2.05. The van der Waals surface area contributed by atoms with Crippen molar-refractivity contribution in [2.24, 2.45) is 7.05 Å². The summed E-state index contributed by atoms with van der Waals surface area (Å²) in [7, 11) is 1.86. The van der Waals surface area contributed by atoms with E-state index in [4.69, 9.17) is 0 Å². The Bertz CT molecular complexity index is 788. The summed E-state index contributed by atoms with van der Waals surface area (Å²) < 4.78 is 39.2. The van der Waals surface area contributed by atoms with Gasteiger partial charge in [-0.3, -0.25) is 4.68 Å². The van der Waals surface area contributed by atoms with E-state index in [2.05, 4.69) is 10.4 Å². The lowest BCUT2D eigenvalue weighted by atomic mass is 10.1.